The van der Waals surface area contributed by atoms with Crippen molar-refractivity contribution < 1.29 is 0 Å². The molecule has 4 heteroatoms. The normalized spacial score (nSPS) is 16.3. The lowest BCUT2D eigenvalue weighted by Gasteiger charge is -2.21. The molecule has 2 N–H and O–H groups in total. The second kappa shape index (κ2) is 5.61. The van der Waals surface area contributed by atoms with Gasteiger partial charge in [-0.15, -0.1) is 0 Å². The topological polar surface area (TPSA) is 42.1 Å². The van der Waals surface area contributed by atoms with Crippen LogP contribution in [0.2, 0.25) is 0 Å². The molecule has 1 aliphatic heterocycles. The van der Waals surface area contributed by atoms with Crippen molar-refractivity contribution in [3.8, 4) is 11.1 Å². The van der Waals surface area contributed by atoms with Gasteiger partial charge < -0.3 is 10.6 Å². The predicted octanol–water partition coefficient (Wildman–Crippen LogP) is 3.77. The first-order valence-corrected chi connectivity index (χ1v) is 7.69. The van der Waals surface area contributed by atoms with Gasteiger partial charge in [-0.3, -0.25) is 0 Å². The summed E-state index contributed by atoms with van der Waals surface area (Å²) in [6, 6.07) is 10.4. The molecule has 0 saturated carbocycles. The Morgan fingerprint density at radius 2 is 1.68 bits per heavy atom. The molecule has 1 saturated heterocycles. The lowest BCUT2D eigenvalue weighted by molar-refractivity contribution is 0.726. The smallest absolute Gasteiger partial charge is 0.147 e. The maximum Gasteiger partial charge on any atom is 0.147 e. The average molecular weight is 273 g/mol. The van der Waals surface area contributed by atoms with Crippen molar-refractivity contribution in [3.63, 3.8) is 0 Å². The number of benzene rings is 1. The number of nitrogen functional groups attached to an aromatic ring is 1. The van der Waals surface area contributed by atoms with E-state index >= 15 is 0 Å². The Kier molecular flexibility index (Phi) is 3.69. The molecule has 0 atom stereocenters. The Bertz CT molecular complexity index is 528. The summed E-state index contributed by atoms with van der Waals surface area (Å²) in [6.45, 7) is 2.25. The molecule has 0 spiro atoms. The third-order valence-electron chi connectivity index (χ3n) is 3.66. The van der Waals surface area contributed by atoms with E-state index in [0.717, 1.165) is 18.7 Å². The highest BCUT2D eigenvalue weighted by Crippen LogP contribution is 2.39. The van der Waals surface area contributed by atoms with Crippen molar-refractivity contribution in [2.45, 2.75) is 25.7 Å². The highest BCUT2D eigenvalue weighted by atomic mass is 32.1. The first kappa shape index (κ1) is 12.5. The molecular weight excluding hydrogens is 254 g/mol. The largest absolute Gasteiger partial charge is 0.382 e. The van der Waals surface area contributed by atoms with Gasteiger partial charge in [0.15, 0.2) is 0 Å². The molecule has 2 aromatic rings. The maximum absolute atomic E-state index is 6.09. The highest BCUT2D eigenvalue weighted by Gasteiger charge is 2.19. The number of hydrogen-bond acceptors (Lipinski definition) is 4. The SMILES string of the molecule is Nc1nsc(N2CCCCCC2)c1-c1ccccc1. The predicted molar refractivity (Wildman–Crippen MR) is 82.6 cm³/mol. The van der Waals surface area contributed by atoms with E-state index in [9.17, 15) is 0 Å². The quantitative estimate of drug-likeness (QED) is 0.905. The molecule has 19 heavy (non-hydrogen) atoms. The van der Waals surface area contributed by atoms with Crippen LogP contribution in [0.4, 0.5) is 10.8 Å². The minimum Gasteiger partial charge on any atom is -0.382 e. The van der Waals surface area contributed by atoms with Crippen LogP contribution in [0, 0.1) is 0 Å². The van der Waals surface area contributed by atoms with Gasteiger partial charge in [0.05, 0.1) is 5.56 Å². The van der Waals surface area contributed by atoms with Crippen LogP contribution < -0.4 is 10.6 Å². The zero-order chi connectivity index (χ0) is 13.1. The van der Waals surface area contributed by atoms with Crippen LogP contribution in [0.1, 0.15) is 25.7 Å². The van der Waals surface area contributed by atoms with E-state index in [4.69, 9.17) is 5.73 Å². The van der Waals surface area contributed by atoms with E-state index in [1.54, 1.807) is 0 Å². The zero-order valence-electron chi connectivity index (χ0n) is 11.0. The van der Waals surface area contributed by atoms with Crippen molar-refractivity contribution in [1.29, 1.82) is 0 Å². The zero-order valence-corrected chi connectivity index (χ0v) is 11.8. The lowest BCUT2D eigenvalue weighted by atomic mass is 10.1. The molecule has 0 bridgehead atoms. The standard InChI is InChI=1S/C15H19N3S/c16-14-13(12-8-4-3-5-9-12)15(19-17-14)18-10-6-1-2-7-11-18/h3-5,8-9H,1-2,6-7,10-11H2,(H2,16,17). The second-order valence-electron chi connectivity index (χ2n) is 5.02. The molecule has 3 nitrogen and oxygen atoms in total. The van der Waals surface area contributed by atoms with Gasteiger partial charge in [-0.25, -0.2) is 0 Å². The molecule has 1 aliphatic rings. The van der Waals surface area contributed by atoms with Crippen LogP contribution in [-0.2, 0) is 0 Å². The third-order valence-corrected chi connectivity index (χ3v) is 4.58. The number of nitrogens with zero attached hydrogens (tertiary/aromatic N) is 2. The summed E-state index contributed by atoms with van der Waals surface area (Å²) in [5, 5.41) is 1.24. The van der Waals surface area contributed by atoms with E-state index in [-0.39, 0.29) is 0 Å². The minimum absolute atomic E-state index is 0.662. The van der Waals surface area contributed by atoms with Crippen LogP contribution in [0.3, 0.4) is 0 Å². The molecule has 3 rings (SSSR count). The molecular formula is C15H19N3S. The fraction of sp³-hybridized carbons (Fsp3) is 0.400. The Morgan fingerprint density at radius 3 is 2.37 bits per heavy atom. The van der Waals surface area contributed by atoms with Gasteiger partial charge in [-0.1, -0.05) is 43.2 Å². The lowest BCUT2D eigenvalue weighted by Crippen LogP contribution is -2.23. The van der Waals surface area contributed by atoms with Gasteiger partial charge in [-0.05, 0) is 29.9 Å². The molecule has 100 valence electrons. The summed E-state index contributed by atoms with van der Waals surface area (Å²) in [5.74, 6) is 0.662. The first-order valence-electron chi connectivity index (χ1n) is 6.92. The molecule has 0 amide bonds. The summed E-state index contributed by atoms with van der Waals surface area (Å²) in [5.41, 5.74) is 8.38. The van der Waals surface area contributed by atoms with E-state index in [1.165, 1.54) is 47.8 Å². The fourth-order valence-electron chi connectivity index (χ4n) is 2.66. The van der Waals surface area contributed by atoms with E-state index < -0.39 is 0 Å². The molecule has 0 aliphatic carbocycles. The third kappa shape index (κ3) is 2.59. The molecule has 2 heterocycles. The molecule has 1 aromatic carbocycles. The van der Waals surface area contributed by atoms with Gasteiger partial charge >= 0.3 is 0 Å². The summed E-state index contributed by atoms with van der Waals surface area (Å²) in [4.78, 5) is 2.46. The summed E-state index contributed by atoms with van der Waals surface area (Å²) >= 11 is 1.54. The van der Waals surface area contributed by atoms with Crippen molar-refractivity contribution in [2.24, 2.45) is 0 Å². The monoisotopic (exact) mass is 273 g/mol. The van der Waals surface area contributed by atoms with Crippen LogP contribution >= 0.6 is 11.5 Å². The Hall–Kier alpha value is -1.55. The van der Waals surface area contributed by atoms with Crippen LogP contribution in [0.25, 0.3) is 11.1 Å². The fourth-order valence-corrected chi connectivity index (χ4v) is 3.55. The van der Waals surface area contributed by atoms with Crippen molar-refractivity contribution in [3.05, 3.63) is 30.3 Å². The number of aromatic nitrogens is 1. The number of hydrogen-bond donors (Lipinski definition) is 1. The highest BCUT2D eigenvalue weighted by molar-refractivity contribution is 7.11. The van der Waals surface area contributed by atoms with E-state index in [1.807, 2.05) is 6.07 Å². The molecule has 0 unspecified atom stereocenters. The number of anilines is 2. The van der Waals surface area contributed by atoms with Crippen molar-refractivity contribution >= 4 is 22.4 Å². The summed E-state index contributed by atoms with van der Waals surface area (Å²) in [6.07, 6.45) is 5.22. The van der Waals surface area contributed by atoms with Crippen molar-refractivity contribution in [2.75, 3.05) is 23.7 Å². The molecule has 1 aromatic heterocycles. The van der Waals surface area contributed by atoms with Gasteiger partial charge in [0.25, 0.3) is 0 Å². The second-order valence-corrected chi connectivity index (χ2v) is 5.77. The summed E-state index contributed by atoms with van der Waals surface area (Å²) in [7, 11) is 0. The molecule has 0 radical (unpaired) electrons. The Balaban J connectivity index is 1.98. The van der Waals surface area contributed by atoms with Crippen LogP contribution in [-0.4, -0.2) is 17.5 Å². The van der Waals surface area contributed by atoms with Gasteiger partial charge in [0.1, 0.15) is 10.8 Å². The van der Waals surface area contributed by atoms with Gasteiger partial charge in [-0.2, -0.15) is 4.37 Å². The maximum atomic E-state index is 6.09. The molecule has 1 fully saturated rings. The van der Waals surface area contributed by atoms with Gasteiger partial charge in [0.2, 0.25) is 0 Å². The van der Waals surface area contributed by atoms with E-state index in [2.05, 4.69) is 33.5 Å². The Labute approximate surface area is 118 Å². The number of nitrogens with two attached hydrogens (primary N) is 1. The minimum atomic E-state index is 0.662. The van der Waals surface area contributed by atoms with Gasteiger partial charge in [0, 0.05) is 13.1 Å². The average Bonchev–Trinajstić information content (AvgIpc) is 2.67. The first-order chi connectivity index (χ1) is 9.36. The van der Waals surface area contributed by atoms with Crippen molar-refractivity contribution in [1.82, 2.24) is 4.37 Å². The number of rotatable bonds is 2. The summed E-state index contributed by atoms with van der Waals surface area (Å²) < 4.78 is 4.38. The van der Waals surface area contributed by atoms with Crippen LogP contribution in [0.5, 0.6) is 0 Å². The van der Waals surface area contributed by atoms with E-state index in [0.29, 0.717) is 5.82 Å². The van der Waals surface area contributed by atoms with Crippen LogP contribution in [0.15, 0.2) is 30.3 Å². The Morgan fingerprint density at radius 1 is 1.00 bits per heavy atom.